The minimum absolute atomic E-state index is 0.0815. The predicted molar refractivity (Wildman–Crippen MR) is 79.8 cm³/mol. The molecule has 0 aliphatic heterocycles. The van der Waals surface area contributed by atoms with Gasteiger partial charge in [-0.25, -0.2) is 0 Å². The summed E-state index contributed by atoms with van der Waals surface area (Å²) >= 11 is 0. The Morgan fingerprint density at radius 3 is 2.81 bits per heavy atom. The van der Waals surface area contributed by atoms with Crippen LogP contribution in [-0.2, 0) is 0 Å². The highest BCUT2D eigenvalue weighted by molar-refractivity contribution is 5.90. The monoisotopic (exact) mass is 287 g/mol. The maximum atomic E-state index is 11.4. The molecular weight excluding hydrogens is 270 g/mol. The third kappa shape index (κ3) is 3.25. The molecule has 0 aliphatic rings. The van der Waals surface area contributed by atoms with E-state index in [9.17, 15) is 4.79 Å². The van der Waals surface area contributed by atoms with Gasteiger partial charge in [-0.05, 0) is 19.9 Å². The van der Waals surface area contributed by atoms with Gasteiger partial charge in [0.05, 0.1) is 0 Å². The lowest BCUT2D eigenvalue weighted by atomic mass is 10.1. The van der Waals surface area contributed by atoms with Crippen molar-refractivity contribution in [1.82, 2.24) is 15.5 Å². The van der Waals surface area contributed by atoms with Crippen molar-refractivity contribution in [3.8, 4) is 11.4 Å². The van der Waals surface area contributed by atoms with Gasteiger partial charge in [-0.2, -0.15) is 4.98 Å². The Labute approximate surface area is 122 Å². The van der Waals surface area contributed by atoms with E-state index in [0.29, 0.717) is 11.4 Å². The Bertz CT molecular complexity index is 663. The number of carbonyl (C=O) groups is 1. The normalized spacial score (nSPS) is 10.5. The molecule has 1 aromatic heterocycles. The molecule has 110 valence electrons. The molecule has 2 rings (SSSR count). The average molecular weight is 287 g/mol. The minimum atomic E-state index is -0.426. The van der Waals surface area contributed by atoms with Gasteiger partial charge >= 0.3 is 11.8 Å². The van der Waals surface area contributed by atoms with E-state index in [4.69, 9.17) is 9.93 Å². The number of hydrogen-bond donors (Lipinski definition) is 3. The van der Waals surface area contributed by atoms with Gasteiger partial charge in [0.2, 0.25) is 5.82 Å². The Kier molecular flexibility index (Phi) is 4.32. The van der Waals surface area contributed by atoms with Crippen LogP contribution in [0.5, 0.6) is 0 Å². The fourth-order valence-corrected chi connectivity index (χ4v) is 1.80. The van der Waals surface area contributed by atoms with E-state index in [1.807, 2.05) is 19.9 Å². The molecule has 0 saturated carbocycles. The third-order valence-electron chi connectivity index (χ3n) is 2.76. The van der Waals surface area contributed by atoms with Gasteiger partial charge < -0.3 is 20.6 Å². The Hall–Kier alpha value is -2.70. The first-order valence-corrected chi connectivity index (χ1v) is 6.52. The Morgan fingerprint density at radius 2 is 2.19 bits per heavy atom. The first-order valence-electron chi connectivity index (χ1n) is 6.52. The van der Waals surface area contributed by atoms with E-state index in [1.54, 1.807) is 12.1 Å². The zero-order valence-corrected chi connectivity index (χ0v) is 12.1. The fourth-order valence-electron chi connectivity index (χ4n) is 1.80. The van der Waals surface area contributed by atoms with E-state index in [1.165, 1.54) is 13.3 Å². The van der Waals surface area contributed by atoms with Crippen LogP contribution < -0.4 is 10.6 Å². The SMILES string of the molecule is CNC(=O)c1nc(-c2ccc(C=N)c(NC(C)C)c2)no1. The molecule has 0 spiro atoms. The van der Waals surface area contributed by atoms with E-state index >= 15 is 0 Å². The lowest BCUT2D eigenvalue weighted by Gasteiger charge is -2.13. The smallest absolute Gasteiger partial charge is 0.316 e. The van der Waals surface area contributed by atoms with Crippen molar-refractivity contribution in [3.05, 3.63) is 29.7 Å². The van der Waals surface area contributed by atoms with Crippen molar-refractivity contribution in [1.29, 1.82) is 5.41 Å². The van der Waals surface area contributed by atoms with Crippen LogP contribution in [0.1, 0.15) is 30.1 Å². The number of hydrogen-bond acceptors (Lipinski definition) is 6. The van der Waals surface area contributed by atoms with Crippen LogP contribution in [0.4, 0.5) is 5.69 Å². The molecule has 7 heteroatoms. The molecule has 7 nitrogen and oxygen atoms in total. The molecule has 1 amide bonds. The van der Waals surface area contributed by atoms with Crippen LogP contribution in [0.3, 0.4) is 0 Å². The van der Waals surface area contributed by atoms with Crippen molar-refractivity contribution >= 4 is 17.8 Å². The van der Waals surface area contributed by atoms with Gasteiger partial charge in [-0.1, -0.05) is 17.3 Å². The third-order valence-corrected chi connectivity index (χ3v) is 2.76. The highest BCUT2D eigenvalue weighted by Gasteiger charge is 2.15. The predicted octanol–water partition coefficient (Wildman–Crippen LogP) is 1.91. The zero-order valence-electron chi connectivity index (χ0n) is 12.1. The van der Waals surface area contributed by atoms with Crippen molar-refractivity contribution in [3.63, 3.8) is 0 Å². The van der Waals surface area contributed by atoms with Crippen molar-refractivity contribution < 1.29 is 9.32 Å². The summed E-state index contributed by atoms with van der Waals surface area (Å²) in [4.78, 5) is 15.5. The highest BCUT2D eigenvalue weighted by Crippen LogP contribution is 2.23. The maximum Gasteiger partial charge on any atom is 0.316 e. The van der Waals surface area contributed by atoms with Gasteiger partial charge in [-0.15, -0.1) is 0 Å². The summed E-state index contributed by atoms with van der Waals surface area (Å²) in [6.07, 6.45) is 1.28. The molecule has 0 bridgehead atoms. The van der Waals surface area contributed by atoms with E-state index in [-0.39, 0.29) is 11.9 Å². The molecule has 0 saturated heterocycles. The summed E-state index contributed by atoms with van der Waals surface area (Å²) in [5, 5.41) is 16.9. The molecule has 0 aliphatic carbocycles. The summed E-state index contributed by atoms with van der Waals surface area (Å²) in [5.74, 6) is -0.177. The number of rotatable bonds is 5. The minimum Gasteiger partial charge on any atom is -0.382 e. The summed E-state index contributed by atoms with van der Waals surface area (Å²) < 4.78 is 4.91. The molecule has 0 fully saturated rings. The van der Waals surface area contributed by atoms with Crippen LogP contribution in [0.2, 0.25) is 0 Å². The second-order valence-corrected chi connectivity index (χ2v) is 4.75. The number of anilines is 1. The van der Waals surface area contributed by atoms with Crippen molar-refractivity contribution in [2.75, 3.05) is 12.4 Å². The number of carbonyl (C=O) groups excluding carboxylic acids is 1. The molecule has 1 heterocycles. The standard InChI is InChI=1S/C14H17N5O2/c1-8(2)17-11-6-9(4-5-10(11)7-15)12-18-14(21-19-12)13(20)16-3/h4-8,15,17H,1-3H3,(H,16,20). The molecule has 0 unspecified atom stereocenters. The van der Waals surface area contributed by atoms with Crippen LogP contribution in [-0.4, -0.2) is 35.4 Å². The molecular formula is C14H17N5O2. The summed E-state index contributed by atoms with van der Waals surface area (Å²) in [5.41, 5.74) is 2.29. The largest absolute Gasteiger partial charge is 0.382 e. The lowest BCUT2D eigenvalue weighted by Crippen LogP contribution is -2.17. The van der Waals surface area contributed by atoms with Gasteiger partial charge in [0, 0.05) is 36.1 Å². The molecule has 21 heavy (non-hydrogen) atoms. The van der Waals surface area contributed by atoms with Crippen molar-refractivity contribution in [2.45, 2.75) is 19.9 Å². The lowest BCUT2D eigenvalue weighted by molar-refractivity contribution is 0.0919. The second-order valence-electron chi connectivity index (χ2n) is 4.75. The van der Waals surface area contributed by atoms with Gasteiger partial charge in [0.15, 0.2) is 0 Å². The molecule has 1 aromatic carbocycles. The fraction of sp³-hybridized carbons (Fsp3) is 0.286. The van der Waals surface area contributed by atoms with Gasteiger partial charge in [-0.3, -0.25) is 4.79 Å². The second kappa shape index (κ2) is 6.17. The van der Waals surface area contributed by atoms with E-state index in [0.717, 1.165) is 11.3 Å². The number of nitrogens with zero attached hydrogens (tertiary/aromatic N) is 2. The molecule has 0 radical (unpaired) electrons. The van der Waals surface area contributed by atoms with Crippen LogP contribution in [0, 0.1) is 5.41 Å². The van der Waals surface area contributed by atoms with Crippen LogP contribution >= 0.6 is 0 Å². The van der Waals surface area contributed by atoms with Gasteiger partial charge in [0.1, 0.15) is 0 Å². The van der Waals surface area contributed by atoms with Gasteiger partial charge in [0.25, 0.3) is 0 Å². The Morgan fingerprint density at radius 1 is 1.43 bits per heavy atom. The quantitative estimate of drug-likeness (QED) is 0.729. The first-order chi connectivity index (χ1) is 10.0. The molecule has 2 aromatic rings. The summed E-state index contributed by atoms with van der Waals surface area (Å²) in [7, 11) is 1.50. The number of aromatic nitrogens is 2. The zero-order chi connectivity index (χ0) is 15.4. The Balaban J connectivity index is 2.37. The highest BCUT2D eigenvalue weighted by atomic mass is 16.5. The summed E-state index contributed by atoms with van der Waals surface area (Å²) in [6, 6.07) is 5.64. The first kappa shape index (κ1) is 14.7. The van der Waals surface area contributed by atoms with E-state index < -0.39 is 5.91 Å². The van der Waals surface area contributed by atoms with Crippen molar-refractivity contribution in [2.24, 2.45) is 0 Å². The number of amides is 1. The molecule has 0 atom stereocenters. The maximum absolute atomic E-state index is 11.4. The van der Waals surface area contributed by atoms with Crippen LogP contribution in [0.15, 0.2) is 22.7 Å². The molecule has 3 N–H and O–H groups in total. The number of nitrogens with one attached hydrogen (secondary N) is 3. The number of benzene rings is 1. The topological polar surface area (TPSA) is 104 Å². The van der Waals surface area contributed by atoms with E-state index in [2.05, 4.69) is 20.8 Å². The average Bonchev–Trinajstić information content (AvgIpc) is 2.95. The van der Waals surface area contributed by atoms with Crippen LogP contribution in [0.25, 0.3) is 11.4 Å². The summed E-state index contributed by atoms with van der Waals surface area (Å²) in [6.45, 7) is 4.02.